The van der Waals surface area contributed by atoms with Crippen LogP contribution in [0, 0.1) is 3.57 Å². The van der Waals surface area contributed by atoms with Gasteiger partial charge in [-0.25, -0.2) is 0 Å². The lowest BCUT2D eigenvalue weighted by molar-refractivity contribution is 0.0320. The number of ether oxygens (including phenoxy) is 1. The highest BCUT2D eigenvalue weighted by atomic mass is 127. The topological polar surface area (TPSA) is 9.23 Å². The molecule has 108 valence electrons. The molecule has 0 aliphatic rings. The molecule has 3 rings (SSSR count). The lowest BCUT2D eigenvalue weighted by Gasteiger charge is -2.20. The number of hydrogen-bond acceptors (Lipinski definition) is 2. The minimum absolute atomic E-state index is 0.00972. The number of thiophene rings is 1. The first-order valence-electron chi connectivity index (χ1n) is 7.04. The van der Waals surface area contributed by atoms with E-state index < -0.39 is 0 Å². The second-order valence-corrected chi connectivity index (χ2v) is 7.41. The van der Waals surface area contributed by atoms with Crippen molar-refractivity contribution in [2.45, 2.75) is 26.1 Å². The Kier molecular flexibility index (Phi) is 4.62. The lowest BCUT2D eigenvalue weighted by atomic mass is 10.1. The Balaban J connectivity index is 2.12. The van der Waals surface area contributed by atoms with Crippen LogP contribution < -0.4 is 0 Å². The molecule has 0 bridgehead atoms. The van der Waals surface area contributed by atoms with Crippen molar-refractivity contribution in [1.29, 1.82) is 0 Å². The Morgan fingerprint density at radius 1 is 0.952 bits per heavy atom. The van der Waals surface area contributed by atoms with E-state index in [1.165, 1.54) is 24.1 Å². The summed E-state index contributed by atoms with van der Waals surface area (Å²) < 4.78 is 8.87. The predicted molar refractivity (Wildman–Crippen MR) is 99.0 cm³/mol. The van der Waals surface area contributed by atoms with Gasteiger partial charge in [0.1, 0.15) is 6.10 Å². The van der Waals surface area contributed by atoms with E-state index >= 15 is 0 Å². The monoisotopic (exact) mass is 408 g/mol. The molecule has 0 saturated carbocycles. The van der Waals surface area contributed by atoms with Crippen LogP contribution in [0.15, 0.2) is 54.6 Å². The summed E-state index contributed by atoms with van der Waals surface area (Å²) in [5, 5.41) is 1.33. The van der Waals surface area contributed by atoms with E-state index in [2.05, 4.69) is 85.0 Å². The number of rotatable bonds is 4. The molecule has 3 heteroatoms. The molecule has 1 nitrogen and oxygen atoms in total. The summed E-state index contributed by atoms with van der Waals surface area (Å²) in [7, 11) is 0. The summed E-state index contributed by atoms with van der Waals surface area (Å²) in [6, 6.07) is 19.1. The maximum absolute atomic E-state index is 6.24. The Labute approximate surface area is 143 Å². The zero-order valence-corrected chi connectivity index (χ0v) is 15.0. The standard InChI is InChI=1S/C18H17IOS/c1-12(2)20-17(13-8-4-3-5-9-13)18-16(19)14-10-6-7-11-15(14)21-18/h3-12,17H,1-2H3. The molecule has 1 unspecified atom stereocenters. The van der Waals surface area contributed by atoms with Crippen LogP contribution in [0.5, 0.6) is 0 Å². The zero-order valence-electron chi connectivity index (χ0n) is 12.0. The summed E-state index contributed by atoms with van der Waals surface area (Å²) in [5.74, 6) is 0. The highest BCUT2D eigenvalue weighted by molar-refractivity contribution is 14.1. The molecule has 2 aromatic carbocycles. The zero-order chi connectivity index (χ0) is 14.8. The van der Waals surface area contributed by atoms with Crippen molar-refractivity contribution in [1.82, 2.24) is 0 Å². The normalized spacial score (nSPS) is 13.0. The molecule has 0 aliphatic carbocycles. The SMILES string of the molecule is CC(C)OC(c1ccccc1)c1sc2ccccc2c1I. The molecule has 1 atom stereocenters. The highest BCUT2D eigenvalue weighted by Crippen LogP contribution is 2.40. The molecular weight excluding hydrogens is 391 g/mol. The van der Waals surface area contributed by atoms with E-state index in [0.29, 0.717) is 0 Å². The Morgan fingerprint density at radius 2 is 1.62 bits per heavy atom. The average molecular weight is 408 g/mol. The van der Waals surface area contributed by atoms with Crippen molar-refractivity contribution >= 4 is 44.0 Å². The molecular formula is C18H17IOS. The van der Waals surface area contributed by atoms with E-state index in [9.17, 15) is 0 Å². The molecule has 1 aromatic heterocycles. The maximum Gasteiger partial charge on any atom is 0.118 e. The predicted octanol–water partition coefficient (Wildman–Crippen LogP) is 6.02. The van der Waals surface area contributed by atoms with Crippen LogP contribution in [0.2, 0.25) is 0 Å². The van der Waals surface area contributed by atoms with Gasteiger partial charge in [-0.1, -0.05) is 48.5 Å². The van der Waals surface area contributed by atoms with Gasteiger partial charge < -0.3 is 4.74 Å². The quantitative estimate of drug-likeness (QED) is 0.480. The summed E-state index contributed by atoms with van der Waals surface area (Å²) >= 11 is 4.29. The van der Waals surface area contributed by atoms with Crippen LogP contribution in [-0.4, -0.2) is 6.10 Å². The van der Waals surface area contributed by atoms with E-state index in [0.717, 1.165) is 0 Å². The van der Waals surface area contributed by atoms with Crippen molar-refractivity contribution < 1.29 is 4.74 Å². The molecule has 0 amide bonds. The van der Waals surface area contributed by atoms with Gasteiger partial charge in [0.2, 0.25) is 0 Å². The maximum atomic E-state index is 6.24. The first-order valence-corrected chi connectivity index (χ1v) is 8.93. The van der Waals surface area contributed by atoms with Gasteiger partial charge in [0.15, 0.2) is 0 Å². The van der Waals surface area contributed by atoms with Crippen molar-refractivity contribution in [2.75, 3.05) is 0 Å². The van der Waals surface area contributed by atoms with Crippen molar-refractivity contribution in [3.05, 3.63) is 68.6 Å². The van der Waals surface area contributed by atoms with Gasteiger partial charge in [-0.05, 0) is 48.1 Å². The molecule has 0 saturated heterocycles. The number of fused-ring (bicyclic) bond motifs is 1. The number of halogens is 1. The smallest absolute Gasteiger partial charge is 0.118 e. The fraction of sp³-hybridized carbons (Fsp3) is 0.222. The first kappa shape index (κ1) is 15.0. The van der Waals surface area contributed by atoms with Crippen molar-refractivity contribution in [3.8, 4) is 0 Å². The van der Waals surface area contributed by atoms with Crippen LogP contribution in [0.4, 0.5) is 0 Å². The molecule has 0 radical (unpaired) electrons. The van der Waals surface area contributed by atoms with Gasteiger partial charge >= 0.3 is 0 Å². The van der Waals surface area contributed by atoms with E-state index in [4.69, 9.17) is 4.74 Å². The molecule has 0 spiro atoms. The second-order valence-electron chi connectivity index (χ2n) is 5.25. The summed E-state index contributed by atoms with van der Waals surface area (Å²) in [6.07, 6.45) is 0.201. The van der Waals surface area contributed by atoms with Crippen LogP contribution in [0.25, 0.3) is 10.1 Å². The van der Waals surface area contributed by atoms with Crippen molar-refractivity contribution in [3.63, 3.8) is 0 Å². The third kappa shape index (κ3) is 3.15. The average Bonchev–Trinajstić information content (AvgIpc) is 2.83. The van der Waals surface area contributed by atoms with Crippen LogP contribution in [0.1, 0.15) is 30.4 Å². The molecule has 0 fully saturated rings. The van der Waals surface area contributed by atoms with Gasteiger partial charge in [0.25, 0.3) is 0 Å². The van der Waals surface area contributed by atoms with Gasteiger partial charge in [-0.3, -0.25) is 0 Å². The number of hydrogen-bond donors (Lipinski definition) is 0. The van der Waals surface area contributed by atoms with Crippen LogP contribution >= 0.6 is 33.9 Å². The van der Waals surface area contributed by atoms with Gasteiger partial charge in [-0.2, -0.15) is 0 Å². The first-order chi connectivity index (χ1) is 10.2. The minimum Gasteiger partial charge on any atom is -0.365 e. The Bertz CT molecular complexity index is 733. The van der Waals surface area contributed by atoms with E-state index in [-0.39, 0.29) is 12.2 Å². The summed E-state index contributed by atoms with van der Waals surface area (Å²) in [5.41, 5.74) is 1.22. The number of benzene rings is 2. The molecule has 1 heterocycles. The Morgan fingerprint density at radius 3 is 2.29 bits per heavy atom. The summed E-state index contributed by atoms with van der Waals surface area (Å²) in [4.78, 5) is 1.30. The minimum atomic E-state index is 0.00972. The van der Waals surface area contributed by atoms with E-state index in [1.54, 1.807) is 0 Å². The van der Waals surface area contributed by atoms with Crippen molar-refractivity contribution in [2.24, 2.45) is 0 Å². The largest absolute Gasteiger partial charge is 0.365 e. The fourth-order valence-electron chi connectivity index (χ4n) is 2.39. The molecule has 0 aliphatic heterocycles. The molecule has 0 N–H and O–H groups in total. The molecule has 21 heavy (non-hydrogen) atoms. The third-order valence-corrected chi connectivity index (χ3v) is 6.05. The highest BCUT2D eigenvalue weighted by Gasteiger charge is 2.22. The summed E-state index contributed by atoms with van der Waals surface area (Å²) in [6.45, 7) is 4.19. The Hall–Kier alpha value is -0.910. The van der Waals surface area contributed by atoms with Gasteiger partial charge in [0, 0.05) is 13.7 Å². The molecule has 3 aromatic rings. The van der Waals surface area contributed by atoms with E-state index in [1.807, 2.05) is 17.4 Å². The van der Waals surface area contributed by atoms with Gasteiger partial charge in [-0.15, -0.1) is 11.3 Å². The van der Waals surface area contributed by atoms with Crippen LogP contribution in [0.3, 0.4) is 0 Å². The second kappa shape index (κ2) is 6.46. The lowest BCUT2D eigenvalue weighted by Crippen LogP contribution is -2.11. The third-order valence-electron chi connectivity index (χ3n) is 3.31. The fourth-order valence-corrected chi connectivity index (χ4v) is 4.82. The van der Waals surface area contributed by atoms with Crippen LogP contribution in [-0.2, 0) is 4.74 Å². The van der Waals surface area contributed by atoms with Gasteiger partial charge in [0.05, 0.1) is 11.0 Å².